The van der Waals surface area contributed by atoms with Crippen molar-refractivity contribution in [3.63, 3.8) is 0 Å². The Labute approximate surface area is 149 Å². The van der Waals surface area contributed by atoms with Crippen molar-refractivity contribution in [2.75, 3.05) is 5.32 Å². The Balaban J connectivity index is 1.79. The number of anilines is 1. The molecule has 1 amide bonds. The van der Waals surface area contributed by atoms with Gasteiger partial charge in [0.25, 0.3) is 5.69 Å². The van der Waals surface area contributed by atoms with Gasteiger partial charge in [-0.15, -0.1) is 0 Å². The lowest BCUT2D eigenvalue weighted by molar-refractivity contribution is -0.384. The highest BCUT2D eigenvalue weighted by molar-refractivity contribution is 5.86. The van der Waals surface area contributed by atoms with Crippen LogP contribution in [0.15, 0.2) is 42.5 Å². The fourth-order valence-electron chi connectivity index (χ4n) is 2.38. The number of hydrogen-bond donors (Lipinski definition) is 2. The summed E-state index contributed by atoms with van der Waals surface area (Å²) in [6.45, 7) is 5.38. The van der Waals surface area contributed by atoms with E-state index in [0.717, 1.165) is 5.56 Å². The van der Waals surface area contributed by atoms with Crippen molar-refractivity contribution in [3.8, 4) is 11.4 Å². The van der Waals surface area contributed by atoms with Crippen LogP contribution in [0.5, 0.6) is 0 Å². The number of rotatable bonds is 3. The number of benzene rings is 2. The molecule has 0 aliphatic rings. The van der Waals surface area contributed by atoms with Gasteiger partial charge >= 0.3 is 6.09 Å². The van der Waals surface area contributed by atoms with Crippen LogP contribution in [0.3, 0.4) is 0 Å². The summed E-state index contributed by atoms with van der Waals surface area (Å²) in [7, 11) is 0. The third kappa shape index (κ3) is 3.97. The molecule has 26 heavy (non-hydrogen) atoms. The van der Waals surface area contributed by atoms with Gasteiger partial charge in [-0.05, 0) is 51.1 Å². The molecule has 0 bridgehead atoms. The fourth-order valence-corrected chi connectivity index (χ4v) is 2.38. The first-order chi connectivity index (χ1) is 12.2. The normalized spacial score (nSPS) is 11.3. The first kappa shape index (κ1) is 17.4. The summed E-state index contributed by atoms with van der Waals surface area (Å²) in [5.41, 5.74) is 2.05. The van der Waals surface area contributed by atoms with Crippen LogP contribution in [0, 0.1) is 10.1 Å². The Bertz CT molecular complexity index is 971. The number of fused-ring (bicyclic) bond motifs is 1. The van der Waals surface area contributed by atoms with Crippen molar-refractivity contribution in [1.82, 2.24) is 9.97 Å². The second-order valence-corrected chi connectivity index (χ2v) is 6.75. The Morgan fingerprint density at radius 2 is 1.88 bits per heavy atom. The molecule has 2 N–H and O–H groups in total. The third-order valence-corrected chi connectivity index (χ3v) is 3.48. The molecule has 0 aliphatic heterocycles. The van der Waals surface area contributed by atoms with E-state index >= 15 is 0 Å². The van der Waals surface area contributed by atoms with E-state index < -0.39 is 16.6 Å². The van der Waals surface area contributed by atoms with Crippen molar-refractivity contribution in [3.05, 3.63) is 52.6 Å². The van der Waals surface area contributed by atoms with Crippen LogP contribution < -0.4 is 5.32 Å². The molecular formula is C18H18N4O4. The zero-order valence-electron chi connectivity index (χ0n) is 14.6. The number of nitro groups is 1. The highest BCUT2D eigenvalue weighted by Crippen LogP contribution is 2.25. The molecular weight excluding hydrogens is 336 g/mol. The van der Waals surface area contributed by atoms with Crippen LogP contribution in [0.4, 0.5) is 16.2 Å². The van der Waals surface area contributed by atoms with Crippen molar-refractivity contribution >= 4 is 28.5 Å². The number of imidazole rings is 1. The molecule has 134 valence electrons. The van der Waals surface area contributed by atoms with Gasteiger partial charge in [0.2, 0.25) is 0 Å². The molecule has 3 aromatic rings. The molecule has 0 spiro atoms. The highest BCUT2D eigenvalue weighted by atomic mass is 16.6. The van der Waals surface area contributed by atoms with Gasteiger partial charge in [0, 0.05) is 23.4 Å². The summed E-state index contributed by atoms with van der Waals surface area (Å²) in [4.78, 5) is 29.7. The first-order valence-electron chi connectivity index (χ1n) is 7.96. The second-order valence-electron chi connectivity index (χ2n) is 6.75. The smallest absolute Gasteiger partial charge is 0.412 e. The summed E-state index contributed by atoms with van der Waals surface area (Å²) in [6.07, 6.45) is -0.527. The maximum absolute atomic E-state index is 11.8. The lowest BCUT2D eigenvalue weighted by Crippen LogP contribution is -2.27. The quantitative estimate of drug-likeness (QED) is 0.532. The van der Waals surface area contributed by atoms with E-state index in [1.807, 2.05) is 0 Å². The molecule has 0 aliphatic carbocycles. The molecule has 8 nitrogen and oxygen atoms in total. The lowest BCUT2D eigenvalue weighted by atomic mass is 10.2. The van der Waals surface area contributed by atoms with Crippen LogP contribution in [-0.2, 0) is 4.74 Å². The van der Waals surface area contributed by atoms with Crippen LogP contribution >= 0.6 is 0 Å². The minimum absolute atomic E-state index is 0.00427. The largest absolute Gasteiger partial charge is 0.444 e. The van der Waals surface area contributed by atoms with Crippen molar-refractivity contribution in [1.29, 1.82) is 0 Å². The topological polar surface area (TPSA) is 110 Å². The van der Waals surface area contributed by atoms with Crippen molar-refractivity contribution < 1.29 is 14.5 Å². The maximum Gasteiger partial charge on any atom is 0.412 e. The van der Waals surface area contributed by atoms with Gasteiger partial charge in [0.15, 0.2) is 0 Å². The number of carbonyl (C=O) groups is 1. The molecule has 0 saturated carbocycles. The summed E-state index contributed by atoms with van der Waals surface area (Å²) in [5, 5.41) is 13.5. The van der Waals surface area contributed by atoms with Crippen LogP contribution in [0.1, 0.15) is 20.8 Å². The number of nitro benzene ring substituents is 1. The third-order valence-electron chi connectivity index (χ3n) is 3.48. The standard InChI is InChI=1S/C18H18N4O4/c1-18(2,3)26-17(23)19-12-6-4-11(5-7-12)16-20-14-9-8-13(22(24)25)10-15(14)21-16/h4-10H,1-3H3,(H,19,23)(H,20,21). The summed E-state index contributed by atoms with van der Waals surface area (Å²) in [6, 6.07) is 11.5. The highest BCUT2D eigenvalue weighted by Gasteiger charge is 2.16. The molecule has 0 fully saturated rings. The Hall–Kier alpha value is -3.42. The monoisotopic (exact) mass is 354 g/mol. The van der Waals surface area contributed by atoms with Crippen molar-refractivity contribution in [2.45, 2.75) is 26.4 Å². The van der Waals surface area contributed by atoms with Crippen molar-refractivity contribution in [2.24, 2.45) is 0 Å². The first-order valence-corrected chi connectivity index (χ1v) is 7.96. The SMILES string of the molecule is CC(C)(C)OC(=O)Nc1ccc(-c2nc3ccc([N+](=O)[O-])cc3[nH]2)cc1. The number of H-pyrrole nitrogens is 1. The predicted molar refractivity (Wildman–Crippen MR) is 98.0 cm³/mol. The van der Waals surface area contributed by atoms with E-state index in [2.05, 4.69) is 15.3 Å². The minimum atomic E-state index is -0.569. The number of carbonyl (C=O) groups excluding carboxylic acids is 1. The number of nitrogens with one attached hydrogen (secondary N) is 2. The van der Waals surface area contributed by atoms with Gasteiger partial charge < -0.3 is 9.72 Å². The summed E-state index contributed by atoms with van der Waals surface area (Å²) in [5.74, 6) is 0.587. The average molecular weight is 354 g/mol. The molecule has 3 rings (SSSR count). The number of aromatic amines is 1. The number of ether oxygens (including phenoxy) is 1. The Kier molecular flexibility index (Phi) is 4.33. The average Bonchev–Trinajstić information content (AvgIpc) is 2.96. The molecule has 1 heterocycles. The van der Waals surface area contributed by atoms with Gasteiger partial charge in [-0.1, -0.05) is 0 Å². The zero-order chi connectivity index (χ0) is 18.9. The Morgan fingerprint density at radius 1 is 1.19 bits per heavy atom. The number of hydrogen-bond acceptors (Lipinski definition) is 5. The van der Waals surface area contributed by atoms with Crippen LogP contribution in [0.25, 0.3) is 22.4 Å². The van der Waals surface area contributed by atoms with Gasteiger partial charge in [-0.2, -0.15) is 0 Å². The lowest BCUT2D eigenvalue weighted by Gasteiger charge is -2.19. The zero-order valence-corrected chi connectivity index (χ0v) is 14.6. The van der Waals surface area contributed by atoms with Gasteiger partial charge in [-0.3, -0.25) is 15.4 Å². The Morgan fingerprint density at radius 3 is 2.50 bits per heavy atom. The molecule has 0 atom stereocenters. The van der Waals surface area contributed by atoms with E-state index in [1.165, 1.54) is 12.1 Å². The minimum Gasteiger partial charge on any atom is -0.444 e. The van der Waals surface area contributed by atoms with Gasteiger partial charge in [0.05, 0.1) is 16.0 Å². The van der Waals surface area contributed by atoms with Crippen LogP contribution in [0.2, 0.25) is 0 Å². The molecule has 0 unspecified atom stereocenters. The van der Waals surface area contributed by atoms with E-state index in [0.29, 0.717) is 22.5 Å². The predicted octanol–water partition coefficient (Wildman–Crippen LogP) is 4.49. The molecule has 8 heteroatoms. The van der Waals surface area contributed by atoms with Crippen LogP contribution in [-0.4, -0.2) is 26.6 Å². The number of nitrogens with zero attached hydrogens (tertiary/aromatic N) is 2. The molecule has 2 aromatic carbocycles. The van der Waals surface area contributed by atoms with E-state index in [1.54, 1.807) is 51.1 Å². The fraction of sp³-hybridized carbons (Fsp3) is 0.222. The summed E-state index contributed by atoms with van der Waals surface area (Å²) < 4.78 is 5.20. The second kappa shape index (κ2) is 6.47. The van der Waals surface area contributed by atoms with E-state index in [-0.39, 0.29) is 5.69 Å². The molecule has 1 aromatic heterocycles. The number of aromatic nitrogens is 2. The number of non-ortho nitro benzene ring substituents is 1. The van der Waals surface area contributed by atoms with Gasteiger partial charge in [-0.25, -0.2) is 9.78 Å². The van der Waals surface area contributed by atoms with E-state index in [9.17, 15) is 14.9 Å². The molecule has 0 saturated heterocycles. The maximum atomic E-state index is 11.8. The molecule has 0 radical (unpaired) electrons. The number of amides is 1. The van der Waals surface area contributed by atoms with Gasteiger partial charge in [0.1, 0.15) is 11.4 Å². The van der Waals surface area contributed by atoms with E-state index in [4.69, 9.17) is 4.74 Å². The summed E-state index contributed by atoms with van der Waals surface area (Å²) >= 11 is 0.